The number of aliphatic hydroxyl groups is 1. The second-order valence-electron chi connectivity index (χ2n) is 5.04. The van der Waals surface area contributed by atoms with Gasteiger partial charge in [0, 0.05) is 24.1 Å². The minimum Gasteiger partial charge on any atom is -0.375 e. The molecular weight excluding hydrogens is 274 g/mol. The van der Waals surface area contributed by atoms with Crippen LogP contribution in [0.5, 0.6) is 0 Å². The van der Waals surface area contributed by atoms with Crippen molar-refractivity contribution in [3.05, 3.63) is 64.7 Å². The Labute approximate surface area is 122 Å². The third-order valence-electron chi connectivity index (χ3n) is 3.74. The van der Waals surface area contributed by atoms with Gasteiger partial charge in [-0.1, -0.05) is 41.9 Å². The number of rotatable bonds is 2. The van der Waals surface area contributed by atoms with Gasteiger partial charge in [0.2, 0.25) is 0 Å². The van der Waals surface area contributed by atoms with Crippen LogP contribution in [0.1, 0.15) is 11.1 Å². The monoisotopic (exact) mass is 287 g/mol. The van der Waals surface area contributed by atoms with E-state index in [4.69, 9.17) is 11.6 Å². The topological polar surface area (TPSA) is 40.5 Å². The quantitative estimate of drug-likeness (QED) is 0.923. The highest BCUT2D eigenvalue weighted by molar-refractivity contribution is 6.30. The molecule has 20 heavy (non-hydrogen) atoms. The summed E-state index contributed by atoms with van der Waals surface area (Å²) in [5.74, 6) is -0.298. The molecule has 1 unspecified atom stereocenters. The van der Waals surface area contributed by atoms with Crippen molar-refractivity contribution in [2.24, 2.45) is 0 Å². The van der Waals surface area contributed by atoms with Gasteiger partial charge in [0.15, 0.2) is 5.60 Å². The number of fused-ring (bicyclic) bond motifs is 1. The average Bonchev–Trinajstić information content (AvgIpc) is 2.65. The van der Waals surface area contributed by atoms with Crippen LogP contribution in [0.15, 0.2) is 48.5 Å². The molecule has 3 rings (SSSR count). The minimum atomic E-state index is -1.50. The number of hydrogen-bond acceptors (Lipinski definition) is 2. The maximum atomic E-state index is 12.4. The number of carbonyl (C=O) groups excluding carboxylic acids is 1. The van der Waals surface area contributed by atoms with Crippen LogP contribution < -0.4 is 4.90 Å². The molecule has 0 spiro atoms. The van der Waals surface area contributed by atoms with Crippen molar-refractivity contribution >= 4 is 23.2 Å². The van der Waals surface area contributed by atoms with Gasteiger partial charge in [0.25, 0.3) is 5.91 Å². The number of benzene rings is 2. The second-order valence-corrected chi connectivity index (χ2v) is 5.48. The van der Waals surface area contributed by atoms with Crippen molar-refractivity contribution in [2.45, 2.75) is 12.0 Å². The van der Waals surface area contributed by atoms with Gasteiger partial charge in [-0.2, -0.15) is 0 Å². The van der Waals surface area contributed by atoms with Crippen molar-refractivity contribution in [3.8, 4) is 0 Å². The van der Waals surface area contributed by atoms with Crippen molar-refractivity contribution in [3.63, 3.8) is 0 Å². The summed E-state index contributed by atoms with van der Waals surface area (Å²) in [6, 6.07) is 14.5. The first-order valence-corrected chi connectivity index (χ1v) is 6.74. The van der Waals surface area contributed by atoms with Gasteiger partial charge in [-0.3, -0.25) is 4.79 Å². The van der Waals surface area contributed by atoms with E-state index >= 15 is 0 Å². The maximum absolute atomic E-state index is 12.4. The zero-order valence-corrected chi connectivity index (χ0v) is 11.8. The number of halogens is 1. The van der Waals surface area contributed by atoms with E-state index in [0.717, 1.165) is 11.3 Å². The van der Waals surface area contributed by atoms with Crippen LogP contribution in [0, 0.1) is 0 Å². The predicted octanol–water partition coefficient (Wildman–Crippen LogP) is 2.75. The van der Waals surface area contributed by atoms with Gasteiger partial charge in [0.1, 0.15) is 0 Å². The van der Waals surface area contributed by atoms with E-state index in [1.807, 2.05) is 30.3 Å². The summed E-state index contributed by atoms with van der Waals surface area (Å²) >= 11 is 5.86. The summed E-state index contributed by atoms with van der Waals surface area (Å²) in [6.45, 7) is 0. The van der Waals surface area contributed by atoms with E-state index in [1.165, 1.54) is 4.90 Å². The van der Waals surface area contributed by atoms with E-state index in [-0.39, 0.29) is 12.3 Å². The number of para-hydroxylation sites is 1. The third kappa shape index (κ3) is 1.90. The largest absolute Gasteiger partial charge is 0.375 e. The van der Waals surface area contributed by atoms with E-state index in [2.05, 4.69) is 0 Å². The van der Waals surface area contributed by atoms with Crippen LogP contribution in [0.4, 0.5) is 5.69 Å². The summed E-state index contributed by atoms with van der Waals surface area (Å²) in [4.78, 5) is 13.9. The molecule has 1 amide bonds. The first kappa shape index (κ1) is 13.2. The lowest BCUT2D eigenvalue weighted by Gasteiger charge is -2.22. The first-order chi connectivity index (χ1) is 9.52. The fourth-order valence-electron chi connectivity index (χ4n) is 2.69. The molecule has 0 saturated carbocycles. The molecule has 1 aliphatic rings. The van der Waals surface area contributed by atoms with Gasteiger partial charge < -0.3 is 10.0 Å². The standard InChI is InChI=1S/C16H14ClNO2/c1-18-14-5-3-2-4-13(14)16(20,15(18)19)10-11-6-8-12(17)9-7-11/h2-9,20H,10H2,1H3. The Morgan fingerprint density at radius 2 is 1.80 bits per heavy atom. The van der Waals surface area contributed by atoms with Crippen molar-refractivity contribution in [2.75, 3.05) is 11.9 Å². The van der Waals surface area contributed by atoms with Crippen LogP contribution >= 0.6 is 11.6 Å². The summed E-state index contributed by atoms with van der Waals surface area (Å²) in [7, 11) is 1.68. The van der Waals surface area contributed by atoms with E-state index in [1.54, 1.807) is 25.2 Å². The fourth-order valence-corrected chi connectivity index (χ4v) is 2.81. The Hall–Kier alpha value is -1.84. The molecule has 0 aromatic heterocycles. The number of nitrogens with zero attached hydrogens (tertiary/aromatic N) is 1. The molecule has 102 valence electrons. The van der Waals surface area contributed by atoms with Crippen LogP contribution in [0.3, 0.4) is 0 Å². The van der Waals surface area contributed by atoms with Crippen LogP contribution in [0.25, 0.3) is 0 Å². The molecule has 0 radical (unpaired) electrons. The van der Waals surface area contributed by atoms with E-state index in [0.29, 0.717) is 10.6 Å². The molecule has 1 atom stereocenters. The van der Waals surface area contributed by atoms with E-state index < -0.39 is 5.60 Å². The van der Waals surface area contributed by atoms with Gasteiger partial charge in [0.05, 0.1) is 5.69 Å². The normalized spacial score (nSPS) is 21.1. The van der Waals surface area contributed by atoms with Crippen molar-refractivity contribution in [1.29, 1.82) is 0 Å². The number of carbonyl (C=O) groups is 1. The summed E-state index contributed by atoms with van der Waals surface area (Å²) in [5, 5.41) is 11.5. The molecular formula is C16H14ClNO2. The highest BCUT2D eigenvalue weighted by Crippen LogP contribution is 2.41. The molecule has 0 aliphatic carbocycles. The Morgan fingerprint density at radius 1 is 1.15 bits per heavy atom. The summed E-state index contributed by atoms with van der Waals surface area (Å²) < 4.78 is 0. The zero-order chi connectivity index (χ0) is 14.3. The van der Waals surface area contributed by atoms with Crippen molar-refractivity contribution in [1.82, 2.24) is 0 Å². The second kappa shape index (κ2) is 4.62. The molecule has 2 aromatic carbocycles. The number of likely N-dealkylation sites (N-methyl/N-ethyl adjacent to an activating group) is 1. The highest BCUT2D eigenvalue weighted by atomic mass is 35.5. The molecule has 1 N–H and O–H groups in total. The van der Waals surface area contributed by atoms with E-state index in [9.17, 15) is 9.90 Å². The van der Waals surface area contributed by atoms with Crippen molar-refractivity contribution < 1.29 is 9.90 Å². The average molecular weight is 288 g/mol. The number of hydrogen-bond donors (Lipinski definition) is 1. The molecule has 0 saturated heterocycles. The van der Waals surface area contributed by atoms with Crippen LogP contribution in [0.2, 0.25) is 5.02 Å². The van der Waals surface area contributed by atoms with Gasteiger partial charge in [-0.25, -0.2) is 0 Å². The number of anilines is 1. The lowest BCUT2D eigenvalue weighted by Crippen LogP contribution is -2.40. The molecule has 3 nitrogen and oxygen atoms in total. The van der Waals surface area contributed by atoms with Gasteiger partial charge in [-0.15, -0.1) is 0 Å². The Morgan fingerprint density at radius 3 is 2.50 bits per heavy atom. The SMILES string of the molecule is CN1C(=O)C(O)(Cc2ccc(Cl)cc2)c2ccccc21. The summed E-state index contributed by atoms with van der Waals surface area (Å²) in [5.41, 5.74) is 0.783. The van der Waals surface area contributed by atoms with Gasteiger partial charge >= 0.3 is 0 Å². The molecule has 4 heteroatoms. The molecule has 1 heterocycles. The first-order valence-electron chi connectivity index (χ1n) is 6.37. The third-order valence-corrected chi connectivity index (χ3v) is 3.99. The van der Waals surface area contributed by atoms with Crippen LogP contribution in [-0.4, -0.2) is 18.1 Å². The molecule has 2 aromatic rings. The number of amides is 1. The summed E-state index contributed by atoms with van der Waals surface area (Å²) in [6.07, 6.45) is 0.240. The smallest absolute Gasteiger partial charge is 0.263 e. The minimum absolute atomic E-state index is 0.240. The fraction of sp³-hybridized carbons (Fsp3) is 0.188. The molecule has 1 aliphatic heterocycles. The Bertz CT molecular complexity index is 668. The predicted molar refractivity (Wildman–Crippen MR) is 78.9 cm³/mol. The zero-order valence-electron chi connectivity index (χ0n) is 11.0. The lowest BCUT2D eigenvalue weighted by molar-refractivity contribution is -0.135. The Balaban J connectivity index is 2.03. The molecule has 0 bridgehead atoms. The lowest BCUT2D eigenvalue weighted by atomic mass is 9.88. The van der Waals surface area contributed by atoms with Crippen LogP contribution in [-0.2, 0) is 16.8 Å². The van der Waals surface area contributed by atoms with Gasteiger partial charge in [-0.05, 0) is 23.8 Å². The maximum Gasteiger partial charge on any atom is 0.263 e. The highest BCUT2D eigenvalue weighted by Gasteiger charge is 2.48. The molecule has 0 fully saturated rings. The Kier molecular flexibility index (Phi) is 3.04.